The first kappa shape index (κ1) is 22.3. The number of rotatable bonds is 6. The van der Waals surface area contributed by atoms with E-state index in [1.165, 1.54) is 0 Å². The Morgan fingerprint density at radius 2 is 1.24 bits per heavy atom. The minimum atomic E-state index is -1.58. The number of hydrogen-bond donors (Lipinski definition) is 0. The highest BCUT2D eigenvalue weighted by molar-refractivity contribution is 6.00. The van der Waals surface area contributed by atoms with Crippen molar-refractivity contribution >= 4 is 23.7 Å². The smallest absolute Gasteiger partial charge is 0.317 e. The SMILES string of the molecule is O=C1CC2(C(=O)OCc3ccccc3)CCCC3(C(=O)OCc4ccccc4)CC(=O)O[C@@]23C1. The second kappa shape index (κ2) is 8.38. The Kier molecular flexibility index (Phi) is 5.50. The summed E-state index contributed by atoms with van der Waals surface area (Å²) in [4.78, 5) is 52.7. The van der Waals surface area contributed by atoms with Crippen LogP contribution in [0.2, 0.25) is 0 Å². The molecular formula is C27H26O7. The van der Waals surface area contributed by atoms with Gasteiger partial charge in [0, 0.05) is 12.8 Å². The second-order valence-electron chi connectivity index (χ2n) is 9.51. The average Bonchev–Trinajstić information content (AvgIpc) is 3.32. The third-order valence-electron chi connectivity index (χ3n) is 7.64. The number of ether oxygens (including phenoxy) is 3. The molecule has 3 aliphatic rings. The summed E-state index contributed by atoms with van der Waals surface area (Å²) >= 11 is 0. The van der Waals surface area contributed by atoms with Crippen molar-refractivity contribution in [1.29, 1.82) is 0 Å². The maximum absolute atomic E-state index is 13.6. The molecule has 2 aliphatic carbocycles. The van der Waals surface area contributed by atoms with Gasteiger partial charge in [0.1, 0.15) is 29.8 Å². The van der Waals surface area contributed by atoms with Gasteiger partial charge < -0.3 is 14.2 Å². The van der Waals surface area contributed by atoms with Crippen LogP contribution in [-0.4, -0.2) is 29.3 Å². The van der Waals surface area contributed by atoms with Crippen molar-refractivity contribution in [1.82, 2.24) is 0 Å². The molecule has 0 N–H and O–H groups in total. The van der Waals surface area contributed by atoms with Gasteiger partial charge >= 0.3 is 17.9 Å². The van der Waals surface area contributed by atoms with E-state index in [4.69, 9.17) is 14.2 Å². The van der Waals surface area contributed by atoms with E-state index >= 15 is 0 Å². The highest BCUT2D eigenvalue weighted by Gasteiger charge is 2.80. The van der Waals surface area contributed by atoms with Gasteiger partial charge in [-0.15, -0.1) is 0 Å². The van der Waals surface area contributed by atoms with Crippen LogP contribution in [0.4, 0.5) is 0 Å². The minimum absolute atomic E-state index is 0.0328. The van der Waals surface area contributed by atoms with E-state index in [1.807, 2.05) is 60.7 Å². The van der Waals surface area contributed by atoms with Crippen LogP contribution in [0.1, 0.15) is 49.7 Å². The highest BCUT2D eigenvalue weighted by Crippen LogP contribution is 2.68. The number of ketones is 1. The first-order valence-electron chi connectivity index (χ1n) is 11.6. The zero-order chi connectivity index (χ0) is 23.8. The lowest BCUT2D eigenvalue weighted by atomic mass is 9.52. The highest BCUT2D eigenvalue weighted by atomic mass is 16.6. The molecule has 2 aromatic carbocycles. The van der Waals surface area contributed by atoms with Crippen LogP contribution < -0.4 is 0 Å². The molecule has 5 rings (SSSR count). The summed E-state index contributed by atoms with van der Waals surface area (Å²) in [7, 11) is 0. The lowest BCUT2D eigenvalue weighted by Gasteiger charge is -2.51. The Morgan fingerprint density at radius 3 is 1.76 bits per heavy atom. The van der Waals surface area contributed by atoms with Crippen molar-refractivity contribution in [2.45, 2.75) is 57.3 Å². The predicted molar refractivity (Wildman–Crippen MR) is 119 cm³/mol. The largest absolute Gasteiger partial charge is 0.460 e. The molecule has 0 aromatic heterocycles. The van der Waals surface area contributed by atoms with Gasteiger partial charge in [-0.1, -0.05) is 67.1 Å². The lowest BCUT2D eigenvalue weighted by Crippen LogP contribution is -2.63. The van der Waals surface area contributed by atoms with Crippen molar-refractivity contribution in [3.63, 3.8) is 0 Å². The molecule has 2 saturated carbocycles. The Labute approximate surface area is 197 Å². The number of hydrogen-bond acceptors (Lipinski definition) is 7. The zero-order valence-corrected chi connectivity index (χ0v) is 18.8. The molecule has 3 fully saturated rings. The summed E-state index contributed by atoms with van der Waals surface area (Å²) in [6, 6.07) is 18.4. The van der Waals surface area contributed by atoms with Crippen molar-refractivity contribution < 1.29 is 33.4 Å². The number of carbonyl (C=O) groups is 4. The summed E-state index contributed by atoms with van der Waals surface area (Å²) in [5.74, 6) is -2.00. The Balaban J connectivity index is 1.47. The molecule has 176 valence electrons. The first-order valence-corrected chi connectivity index (χ1v) is 11.6. The second-order valence-corrected chi connectivity index (χ2v) is 9.51. The Morgan fingerprint density at radius 1 is 0.735 bits per heavy atom. The third kappa shape index (κ3) is 3.33. The molecule has 2 aromatic rings. The van der Waals surface area contributed by atoms with Crippen molar-refractivity contribution in [3.05, 3.63) is 71.8 Å². The number of carbonyl (C=O) groups excluding carboxylic acids is 4. The van der Waals surface area contributed by atoms with Crippen molar-refractivity contribution in [3.8, 4) is 0 Å². The normalized spacial score (nSPS) is 29.6. The van der Waals surface area contributed by atoms with Gasteiger partial charge in [0.05, 0.1) is 6.42 Å². The summed E-state index contributed by atoms with van der Waals surface area (Å²) in [5, 5.41) is 0. The van der Waals surface area contributed by atoms with E-state index in [0.717, 1.165) is 11.1 Å². The molecular weight excluding hydrogens is 436 g/mol. The molecule has 1 saturated heterocycles. The lowest BCUT2D eigenvalue weighted by molar-refractivity contribution is -0.211. The third-order valence-corrected chi connectivity index (χ3v) is 7.64. The van der Waals surface area contributed by atoms with E-state index < -0.39 is 34.3 Å². The number of Topliss-reactive ketones (excluding diaryl/α,β-unsaturated/α-hetero) is 1. The van der Waals surface area contributed by atoms with E-state index in [0.29, 0.717) is 19.3 Å². The van der Waals surface area contributed by atoms with Crippen LogP contribution in [0.15, 0.2) is 60.7 Å². The fourth-order valence-electron chi connectivity index (χ4n) is 6.14. The number of esters is 3. The van der Waals surface area contributed by atoms with Gasteiger partial charge in [0.15, 0.2) is 5.60 Å². The molecule has 2 unspecified atom stereocenters. The summed E-state index contributed by atoms with van der Waals surface area (Å²) in [6.45, 7) is 0.0657. The van der Waals surface area contributed by atoms with E-state index in [-0.39, 0.29) is 38.3 Å². The summed E-state index contributed by atoms with van der Waals surface area (Å²) < 4.78 is 17.2. The van der Waals surface area contributed by atoms with Crippen LogP contribution in [0, 0.1) is 10.8 Å². The predicted octanol–water partition coefficient (Wildman–Crippen LogP) is 3.68. The molecule has 1 aliphatic heterocycles. The van der Waals surface area contributed by atoms with Crippen LogP contribution in [-0.2, 0) is 46.6 Å². The molecule has 34 heavy (non-hydrogen) atoms. The molecule has 0 bridgehead atoms. The van der Waals surface area contributed by atoms with Crippen LogP contribution in [0.5, 0.6) is 0 Å². The van der Waals surface area contributed by atoms with Crippen molar-refractivity contribution in [2.75, 3.05) is 0 Å². The van der Waals surface area contributed by atoms with Gasteiger partial charge in [0.25, 0.3) is 0 Å². The average molecular weight is 462 g/mol. The molecule has 3 atom stereocenters. The van der Waals surface area contributed by atoms with Gasteiger partial charge in [0.2, 0.25) is 0 Å². The quantitative estimate of drug-likeness (QED) is 0.477. The molecule has 1 heterocycles. The van der Waals surface area contributed by atoms with Gasteiger partial charge in [-0.2, -0.15) is 0 Å². The van der Waals surface area contributed by atoms with Gasteiger partial charge in [-0.05, 0) is 24.0 Å². The van der Waals surface area contributed by atoms with E-state index in [2.05, 4.69) is 0 Å². The monoisotopic (exact) mass is 462 g/mol. The fraction of sp³-hybridized carbons (Fsp3) is 0.407. The minimum Gasteiger partial charge on any atom is -0.460 e. The van der Waals surface area contributed by atoms with E-state index in [1.54, 1.807) is 0 Å². The molecule has 7 nitrogen and oxygen atoms in total. The number of benzene rings is 2. The van der Waals surface area contributed by atoms with Crippen LogP contribution >= 0.6 is 0 Å². The maximum Gasteiger partial charge on any atom is 0.317 e. The van der Waals surface area contributed by atoms with Gasteiger partial charge in [-0.25, -0.2) is 0 Å². The van der Waals surface area contributed by atoms with Crippen molar-refractivity contribution in [2.24, 2.45) is 10.8 Å². The molecule has 1 spiro atoms. The zero-order valence-electron chi connectivity index (χ0n) is 18.8. The topological polar surface area (TPSA) is 96.0 Å². The standard InChI is InChI=1S/C27H26O7/c28-21-14-25(23(30)32-17-19-8-3-1-4-9-19)12-7-13-26(16-22(29)34-27(25,26)15-21)24(31)33-18-20-10-5-2-6-11-20/h1-6,8-11H,7,12-18H2/t25?,26?,27-/m0/s1. The van der Waals surface area contributed by atoms with E-state index in [9.17, 15) is 19.2 Å². The Hall–Kier alpha value is -3.48. The van der Waals surface area contributed by atoms with Crippen LogP contribution in [0.3, 0.4) is 0 Å². The first-order chi connectivity index (χ1) is 16.4. The maximum atomic E-state index is 13.6. The molecule has 0 radical (unpaired) electrons. The Bertz CT molecular complexity index is 1040. The fourth-order valence-corrected chi connectivity index (χ4v) is 6.14. The van der Waals surface area contributed by atoms with Crippen LogP contribution in [0.25, 0.3) is 0 Å². The summed E-state index contributed by atoms with van der Waals surface area (Å²) in [5.41, 5.74) is -2.75. The van der Waals surface area contributed by atoms with Gasteiger partial charge in [-0.3, -0.25) is 19.2 Å². The summed E-state index contributed by atoms with van der Waals surface area (Å²) in [6.07, 6.45) is 0.607. The molecule has 0 amide bonds. The molecule has 7 heteroatoms.